The van der Waals surface area contributed by atoms with Crippen molar-refractivity contribution in [3.05, 3.63) is 53.8 Å². The molecular weight excluding hydrogens is 374 g/mol. The van der Waals surface area contributed by atoms with Gasteiger partial charge >= 0.3 is 0 Å². The van der Waals surface area contributed by atoms with Gasteiger partial charge in [-0.1, -0.05) is 64.3 Å². The molecule has 1 aliphatic carbocycles. The molecule has 0 radical (unpaired) electrons. The fourth-order valence-corrected chi connectivity index (χ4v) is 3.87. The van der Waals surface area contributed by atoms with Crippen molar-refractivity contribution in [1.82, 2.24) is 5.32 Å². The maximum Gasteiger partial charge on any atom is 0.248 e. The highest BCUT2D eigenvalue weighted by Gasteiger charge is 2.31. The van der Waals surface area contributed by atoms with Crippen LogP contribution in [0.5, 0.6) is 0 Å². The highest BCUT2D eigenvalue weighted by atomic mass is 16.2. The third-order valence-electron chi connectivity index (χ3n) is 5.54. The van der Waals surface area contributed by atoms with Crippen molar-refractivity contribution in [3.63, 3.8) is 0 Å². The van der Waals surface area contributed by atoms with E-state index in [4.69, 9.17) is 0 Å². The minimum absolute atomic E-state index is 0.00503. The zero-order valence-electron chi connectivity index (χ0n) is 18.7. The summed E-state index contributed by atoms with van der Waals surface area (Å²) in [4.78, 5) is 30.9. The Bertz CT molecular complexity index is 782. The molecule has 0 heterocycles. The third kappa shape index (κ3) is 6.15. The van der Waals surface area contributed by atoms with Crippen molar-refractivity contribution in [1.29, 1.82) is 0 Å². The second-order valence-corrected chi connectivity index (χ2v) is 8.87. The highest BCUT2D eigenvalue weighted by molar-refractivity contribution is 5.95. The van der Waals surface area contributed by atoms with Crippen LogP contribution in [-0.4, -0.2) is 31.1 Å². The number of anilines is 1. The summed E-state index contributed by atoms with van der Waals surface area (Å²) in [6.07, 6.45) is 11.3. The summed E-state index contributed by atoms with van der Waals surface area (Å²) in [7, 11) is 0. The quantitative estimate of drug-likeness (QED) is 0.376. The van der Waals surface area contributed by atoms with E-state index >= 15 is 0 Å². The summed E-state index contributed by atoms with van der Waals surface area (Å²) >= 11 is 0. The Labute approximate surface area is 181 Å². The zero-order valence-corrected chi connectivity index (χ0v) is 18.7. The summed E-state index contributed by atoms with van der Waals surface area (Å²) in [6, 6.07) is 7.13. The number of rotatable bonds is 8. The Hall–Kier alpha value is -2.69. The van der Waals surface area contributed by atoms with Crippen LogP contribution >= 0.6 is 0 Å². The normalized spacial score (nSPS) is 16.9. The Balaban J connectivity index is 2.41. The molecule has 5 nitrogen and oxygen atoms in total. The molecule has 1 fully saturated rings. The van der Waals surface area contributed by atoms with Gasteiger partial charge in [-0.3, -0.25) is 19.5 Å². The molecule has 30 heavy (non-hydrogen) atoms. The molecule has 5 heteroatoms. The minimum Gasteiger partial charge on any atom is -0.351 e. The van der Waals surface area contributed by atoms with Crippen LogP contribution in [0.3, 0.4) is 0 Å². The first-order valence-corrected chi connectivity index (χ1v) is 10.7. The van der Waals surface area contributed by atoms with Gasteiger partial charge in [0.1, 0.15) is 6.04 Å². The number of hydrogen-bond donors (Lipinski definition) is 1. The third-order valence-corrected chi connectivity index (χ3v) is 5.54. The van der Waals surface area contributed by atoms with Gasteiger partial charge in [-0.05, 0) is 49.6 Å². The predicted octanol–water partition coefficient (Wildman–Crippen LogP) is 4.93. The van der Waals surface area contributed by atoms with Gasteiger partial charge in [-0.2, -0.15) is 0 Å². The molecule has 1 aromatic carbocycles. The van der Waals surface area contributed by atoms with E-state index in [1.807, 2.05) is 37.3 Å². The summed E-state index contributed by atoms with van der Waals surface area (Å²) in [6.45, 7) is 11.8. The van der Waals surface area contributed by atoms with Crippen LogP contribution in [0.25, 0.3) is 0 Å². The molecule has 0 saturated heterocycles. The first-order chi connectivity index (χ1) is 14.3. The number of allylic oxidation sites excluding steroid dienone is 1. The summed E-state index contributed by atoms with van der Waals surface area (Å²) < 4.78 is 0. The number of carbonyl (C=O) groups is 2. The van der Waals surface area contributed by atoms with Crippen LogP contribution in [-0.2, 0) is 15.0 Å². The topological polar surface area (TPSA) is 61.8 Å². The predicted molar refractivity (Wildman–Crippen MR) is 125 cm³/mol. The summed E-state index contributed by atoms with van der Waals surface area (Å²) in [5.74, 6) is -0.193. The van der Waals surface area contributed by atoms with Crippen LogP contribution in [0.1, 0.15) is 65.4 Å². The molecule has 0 aromatic heterocycles. The van der Waals surface area contributed by atoms with Crippen LogP contribution in [0.2, 0.25) is 0 Å². The minimum atomic E-state index is -0.813. The van der Waals surface area contributed by atoms with E-state index < -0.39 is 6.04 Å². The fourth-order valence-electron chi connectivity index (χ4n) is 3.87. The lowest BCUT2D eigenvalue weighted by Crippen LogP contribution is -2.50. The van der Waals surface area contributed by atoms with E-state index in [-0.39, 0.29) is 17.4 Å². The first-order valence-electron chi connectivity index (χ1n) is 10.7. The molecule has 162 valence electrons. The van der Waals surface area contributed by atoms with Gasteiger partial charge in [0.2, 0.25) is 12.3 Å². The fraction of sp³-hybridized carbons (Fsp3) is 0.480. The van der Waals surface area contributed by atoms with E-state index in [0.717, 1.165) is 37.7 Å². The molecule has 1 aromatic rings. The van der Waals surface area contributed by atoms with Crippen LogP contribution in [0.15, 0.2) is 53.2 Å². The van der Waals surface area contributed by atoms with E-state index in [9.17, 15) is 9.59 Å². The zero-order chi connectivity index (χ0) is 22.1. The lowest BCUT2D eigenvalue weighted by atomic mass is 9.87. The molecule has 1 unspecified atom stereocenters. The maximum absolute atomic E-state index is 13.4. The van der Waals surface area contributed by atoms with Crippen LogP contribution in [0, 0.1) is 0 Å². The monoisotopic (exact) mass is 409 g/mol. The lowest BCUT2D eigenvalue weighted by Gasteiger charge is -2.31. The Morgan fingerprint density at radius 1 is 1.20 bits per heavy atom. The van der Waals surface area contributed by atoms with Crippen LogP contribution < -0.4 is 10.2 Å². The Kier molecular flexibility index (Phi) is 8.58. The van der Waals surface area contributed by atoms with Gasteiger partial charge in [0.15, 0.2) is 0 Å². The van der Waals surface area contributed by atoms with Crippen molar-refractivity contribution in [2.24, 2.45) is 4.99 Å². The SMILES string of the molecule is C=N/C=C(\C=C/C)C(C(=O)NC1CCCCC1)N(C=O)c1ccc(C(C)(C)C)cc1. The highest BCUT2D eigenvalue weighted by Crippen LogP contribution is 2.27. The summed E-state index contributed by atoms with van der Waals surface area (Å²) in [5, 5.41) is 3.16. The van der Waals surface area contributed by atoms with Crippen LogP contribution in [0.4, 0.5) is 5.69 Å². The molecule has 0 spiro atoms. The van der Waals surface area contributed by atoms with Gasteiger partial charge < -0.3 is 5.32 Å². The van der Waals surface area contributed by atoms with E-state index in [2.05, 4.69) is 37.8 Å². The number of aliphatic imine (C=N–C) groups is 1. The largest absolute Gasteiger partial charge is 0.351 e. The second kappa shape index (κ2) is 10.9. The van der Waals surface area contributed by atoms with E-state index in [1.54, 1.807) is 12.3 Å². The number of nitrogens with one attached hydrogen (secondary N) is 1. The number of hydrogen-bond acceptors (Lipinski definition) is 3. The standard InChI is InChI=1S/C25H35N3O2/c1-6-10-19(17-26-5)23(24(30)27-21-11-8-7-9-12-21)28(18-29)22-15-13-20(14-16-22)25(2,3)4/h6,10,13-18,21,23H,5,7-9,11-12H2,1-4H3,(H,27,30)/b10-6-,19-17+. The average molecular weight is 410 g/mol. The Morgan fingerprint density at radius 2 is 1.83 bits per heavy atom. The van der Waals surface area contributed by atoms with E-state index in [1.165, 1.54) is 11.3 Å². The van der Waals surface area contributed by atoms with Gasteiger partial charge in [-0.15, -0.1) is 0 Å². The molecule has 2 rings (SSSR count). The number of carbonyl (C=O) groups excluding carboxylic acids is 2. The molecule has 0 bridgehead atoms. The van der Waals surface area contributed by atoms with Gasteiger partial charge in [0.05, 0.1) is 0 Å². The molecule has 1 N–H and O–H groups in total. The molecule has 1 saturated carbocycles. The number of benzene rings is 1. The van der Waals surface area contributed by atoms with Gasteiger partial charge in [0, 0.05) is 23.5 Å². The van der Waals surface area contributed by atoms with Crippen molar-refractivity contribution < 1.29 is 9.59 Å². The van der Waals surface area contributed by atoms with E-state index in [0.29, 0.717) is 11.3 Å². The smallest absolute Gasteiger partial charge is 0.248 e. The Morgan fingerprint density at radius 3 is 2.33 bits per heavy atom. The molecule has 1 aliphatic rings. The first kappa shape index (κ1) is 23.6. The second-order valence-electron chi connectivity index (χ2n) is 8.87. The van der Waals surface area contributed by atoms with Gasteiger partial charge in [-0.25, -0.2) is 0 Å². The number of amides is 2. The van der Waals surface area contributed by atoms with Crippen molar-refractivity contribution >= 4 is 24.7 Å². The van der Waals surface area contributed by atoms with Gasteiger partial charge in [0.25, 0.3) is 0 Å². The molecular formula is C25H35N3O2. The maximum atomic E-state index is 13.4. The average Bonchev–Trinajstić information content (AvgIpc) is 2.72. The molecule has 1 atom stereocenters. The van der Waals surface area contributed by atoms with Crippen molar-refractivity contribution in [2.45, 2.75) is 77.3 Å². The van der Waals surface area contributed by atoms with Crippen molar-refractivity contribution in [2.75, 3.05) is 4.90 Å². The van der Waals surface area contributed by atoms with Crippen molar-refractivity contribution in [3.8, 4) is 0 Å². The summed E-state index contributed by atoms with van der Waals surface area (Å²) in [5.41, 5.74) is 2.46. The lowest BCUT2D eigenvalue weighted by molar-refractivity contribution is -0.123. The molecule has 0 aliphatic heterocycles. The number of nitrogens with zero attached hydrogens (tertiary/aromatic N) is 2. The molecule has 2 amide bonds.